The van der Waals surface area contributed by atoms with Gasteiger partial charge in [-0.3, -0.25) is 9.59 Å². The van der Waals surface area contributed by atoms with Gasteiger partial charge in [-0.25, -0.2) is 0 Å². The Morgan fingerprint density at radius 3 is 2.65 bits per heavy atom. The molecule has 23 heavy (non-hydrogen) atoms. The van der Waals surface area contributed by atoms with Crippen LogP contribution in [0.15, 0.2) is 35.6 Å². The summed E-state index contributed by atoms with van der Waals surface area (Å²) in [6.45, 7) is 4.62. The highest BCUT2D eigenvalue weighted by Crippen LogP contribution is 2.39. The van der Waals surface area contributed by atoms with Crippen molar-refractivity contribution >= 4 is 11.7 Å². The maximum Gasteiger partial charge on any atom is 0.290 e. The molecule has 5 heteroatoms. The molecule has 0 saturated heterocycles. The van der Waals surface area contributed by atoms with Gasteiger partial charge in [0.25, 0.3) is 5.91 Å². The molecule has 1 atom stereocenters. The average molecular weight is 317 g/mol. The minimum absolute atomic E-state index is 0.196. The van der Waals surface area contributed by atoms with Crippen molar-refractivity contribution in [3.05, 3.63) is 46.7 Å². The normalized spacial score (nSPS) is 18.0. The van der Waals surface area contributed by atoms with Crippen molar-refractivity contribution in [3.63, 3.8) is 0 Å². The minimum Gasteiger partial charge on any atom is -0.503 e. The van der Waals surface area contributed by atoms with Gasteiger partial charge in [0.1, 0.15) is 0 Å². The molecule has 1 heterocycles. The zero-order valence-corrected chi connectivity index (χ0v) is 13.8. The number of ether oxygens (including phenoxy) is 1. The van der Waals surface area contributed by atoms with Gasteiger partial charge in [-0.2, -0.15) is 0 Å². The van der Waals surface area contributed by atoms with Gasteiger partial charge in [0.2, 0.25) is 0 Å². The third-order valence-corrected chi connectivity index (χ3v) is 4.16. The topological polar surface area (TPSA) is 66.8 Å². The zero-order valence-electron chi connectivity index (χ0n) is 13.8. The van der Waals surface area contributed by atoms with Gasteiger partial charge in [-0.05, 0) is 24.5 Å². The van der Waals surface area contributed by atoms with Crippen LogP contribution in [0.25, 0.3) is 0 Å². The van der Waals surface area contributed by atoms with E-state index in [1.165, 1.54) is 0 Å². The third-order valence-electron chi connectivity index (χ3n) is 4.16. The predicted octanol–water partition coefficient (Wildman–Crippen LogP) is 2.71. The number of Topliss-reactive ketones (excluding diaryl/α,β-unsaturated/α-hetero) is 1. The number of carbonyl (C=O) groups excluding carboxylic acids is 2. The molecule has 0 fully saturated rings. The number of ketones is 1. The Bertz CT molecular complexity index is 636. The Hall–Kier alpha value is -2.14. The molecule has 1 unspecified atom stereocenters. The van der Waals surface area contributed by atoms with Gasteiger partial charge in [0, 0.05) is 26.7 Å². The van der Waals surface area contributed by atoms with Gasteiger partial charge in [-0.1, -0.05) is 31.2 Å². The lowest BCUT2D eigenvalue weighted by Crippen LogP contribution is -2.33. The summed E-state index contributed by atoms with van der Waals surface area (Å²) in [4.78, 5) is 26.3. The van der Waals surface area contributed by atoms with Crippen molar-refractivity contribution in [1.82, 2.24) is 4.90 Å². The summed E-state index contributed by atoms with van der Waals surface area (Å²) in [5.74, 6) is -1.09. The van der Waals surface area contributed by atoms with Gasteiger partial charge >= 0.3 is 0 Å². The molecule has 0 aromatic heterocycles. The lowest BCUT2D eigenvalue weighted by atomic mass is 9.92. The number of hydrogen-bond acceptors (Lipinski definition) is 4. The van der Waals surface area contributed by atoms with Crippen molar-refractivity contribution in [3.8, 4) is 0 Å². The number of carbonyl (C=O) groups is 2. The summed E-state index contributed by atoms with van der Waals surface area (Å²) >= 11 is 0. The maximum absolute atomic E-state index is 12.5. The second-order valence-corrected chi connectivity index (χ2v) is 5.64. The number of hydrogen-bond donors (Lipinski definition) is 1. The lowest BCUT2D eigenvalue weighted by molar-refractivity contribution is -0.129. The number of rotatable bonds is 7. The first-order valence-electron chi connectivity index (χ1n) is 7.84. The number of amides is 1. The summed E-state index contributed by atoms with van der Waals surface area (Å²) in [6.07, 6.45) is 0.895. The van der Waals surface area contributed by atoms with E-state index in [0.29, 0.717) is 19.6 Å². The third kappa shape index (κ3) is 3.29. The van der Waals surface area contributed by atoms with Crippen LogP contribution in [0.3, 0.4) is 0 Å². The van der Waals surface area contributed by atoms with Gasteiger partial charge in [0.15, 0.2) is 11.5 Å². The average Bonchev–Trinajstić information content (AvgIpc) is 2.79. The Kier molecular flexibility index (Phi) is 5.55. The van der Waals surface area contributed by atoms with Crippen LogP contribution in [-0.4, -0.2) is 42.0 Å². The van der Waals surface area contributed by atoms with Crippen LogP contribution in [0.2, 0.25) is 0 Å². The van der Waals surface area contributed by atoms with Crippen molar-refractivity contribution in [1.29, 1.82) is 0 Å². The molecule has 1 aromatic carbocycles. The molecular weight excluding hydrogens is 294 g/mol. The van der Waals surface area contributed by atoms with Crippen LogP contribution in [-0.2, 0) is 14.3 Å². The van der Waals surface area contributed by atoms with E-state index in [4.69, 9.17) is 4.74 Å². The summed E-state index contributed by atoms with van der Waals surface area (Å²) in [5.41, 5.74) is 2.07. The quantitative estimate of drug-likeness (QED) is 0.785. The molecule has 2 rings (SSSR count). The van der Waals surface area contributed by atoms with E-state index in [1.54, 1.807) is 18.9 Å². The Morgan fingerprint density at radius 2 is 2.04 bits per heavy atom. The van der Waals surface area contributed by atoms with Crippen LogP contribution < -0.4 is 0 Å². The number of aliphatic hydroxyl groups excluding tert-OH is 1. The van der Waals surface area contributed by atoms with Gasteiger partial charge < -0.3 is 14.7 Å². The SMILES string of the molecule is CCC(=O)C1=C(O)C(=O)N(CCCOC)C1c1ccccc1C. The molecule has 0 aliphatic carbocycles. The highest BCUT2D eigenvalue weighted by atomic mass is 16.5. The lowest BCUT2D eigenvalue weighted by Gasteiger charge is -2.27. The summed E-state index contributed by atoms with van der Waals surface area (Å²) in [6, 6.07) is 7.11. The molecule has 5 nitrogen and oxygen atoms in total. The highest BCUT2D eigenvalue weighted by molar-refractivity contribution is 6.08. The number of aliphatic hydroxyl groups is 1. The van der Waals surface area contributed by atoms with Crippen LogP contribution in [0.4, 0.5) is 0 Å². The first kappa shape index (κ1) is 17.2. The predicted molar refractivity (Wildman–Crippen MR) is 87.1 cm³/mol. The first-order chi connectivity index (χ1) is 11.0. The fourth-order valence-electron chi connectivity index (χ4n) is 2.96. The zero-order chi connectivity index (χ0) is 17.0. The Labute approximate surface area is 136 Å². The van der Waals surface area contributed by atoms with Crippen LogP contribution in [0, 0.1) is 6.92 Å². The molecule has 124 valence electrons. The Balaban J connectivity index is 2.46. The van der Waals surface area contributed by atoms with Gasteiger partial charge in [0.05, 0.1) is 11.6 Å². The van der Waals surface area contributed by atoms with Crippen molar-refractivity contribution in [2.45, 2.75) is 32.7 Å². The molecule has 1 aliphatic rings. The molecule has 1 N–H and O–H groups in total. The summed E-state index contributed by atoms with van der Waals surface area (Å²) in [7, 11) is 1.60. The minimum atomic E-state index is -0.520. The molecule has 0 saturated carbocycles. The first-order valence-corrected chi connectivity index (χ1v) is 7.84. The smallest absolute Gasteiger partial charge is 0.290 e. The van der Waals surface area contributed by atoms with Crippen molar-refractivity contribution in [2.75, 3.05) is 20.3 Å². The fraction of sp³-hybridized carbons (Fsp3) is 0.444. The van der Waals surface area contributed by atoms with Crippen LogP contribution >= 0.6 is 0 Å². The second-order valence-electron chi connectivity index (χ2n) is 5.64. The van der Waals surface area contributed by atoms with Crippen LogP contribution in [0.5, 0.6) is 0 Å². The molecule has 1 amide bonds. The van der Waals surface area contributed by atoms with E-state index in [2.05, 4.69) is 0 Å². The maximum atomic E-state index is 12.5. The van der Waals surface area contributed by atoms with Crippen LogP contribution in [0.1, 0.15) is 36.9 Å². The standard InChI is InChI=1S/C18H23NO4/c1-4-14(20)15-16(13-9-6-5-8-12(13)2)19(10-7-11-23-3)18(22)17(15)21/h5-6,8-9,16,21H,4,7,10-11H2,1-3H3. The van der Waals surface area contributed by atoms with Crippen molar-refractivity contribution in [2.24, 2.45) is 0 Å². The monoisotopic (exact) mass is 317 g/mol. The molecule has 0 radical (unpaired) electrons. The van der Waals surface area contributed by atoms with E-state index in [9.17, 15) is 14.7 Å². The summed E-state index contributed by atoms with van der Waals surface area (Å²) in [5, 5.41) is 10.2. The van der Waals surface area contributed by atoms with E-state index in [1.807, 2.05) is 31.2 Å². The van der Waals surface area contributed by atoms with E-state index in [0.717, 1.165) is 11.1 Å². The number of nitrogens with zero attached hydrogens (tertiary/aromatic N) is 1. The largest absolute Gasteiger partial charge is 0.503 e. The molecule has 1 aliphatic heterocycles. The number of methoxy groups -OCH3 is 1. The second kappa shape index (κ2) is 7.42. The molecule has 0 spiro atoms. The number of aryl methyl sites for hydroxylation is 1. The van der Waals surface area contributed by atoms with E-state index >= 15 is 0 Å². The highest BCUT2D eigenvalue weighted by Gasteiger charge is 2.42. The Morgan fingerprint density at radius 1 is 1.35 bits per heavy atom. The molecule has 0 bridgehead atoms. The van der Waals surface area contributed by atoms with E-state index < -0.39 is 17.7 Å². The van der Waals surface area contributed by atoms with Gasteiger partial charge in [-0.15, -0.1) is 0 Å². The fourth-order valence-corrected chi connectivity index (χ4v) is 2.96. The molecule has 1 aromatic rings. The number of benzene rings is 1. The van der Waals surface area contributed by atoms with Crippen molar-refractivity contribution < 1.29 is 19.4 Å². The van der Waals surface area contributed by atoms with E-state index in [-0.39, 0.29) is 17.8 Å². The summed E-state index contributed by atoms with van der Waals surface area (Å²) < 4.78 is 5.04. The molecular formula is C18H23NO4.